The van der Waals surface area contributed by atoms with Gasteiger partial charge in [0.15, 0.2) is 0 Å². The highest BCUT2D eigenvalue weighted by Gasteiger charge is 2.15. The molecule has 0 bridgehead atoms. The summed E-state index contributed by atoms with van der Waals surface area (Å²) in [6, 6.07) is 16.9. The van der Waals surface area contributed by atoms with Gasteiger partial charge in [-0.1, -0.05) is 55.3 Å². The van der Waals surface area contributed by atoms with E-state index in [1.807, 2.05) is 42.5 Å². The molecule has 148 valence electrons. The molecule has 1 fully saturated rings. The van der Waals surface area contributed by atoms with Gasteiger partial charge in [0, 0.05) is 12.2 Å². The van der Waals surface area contributed by atoms with E-state index in [1.54, 1.807) is 0 Å². The molecular formula is C21H29Cl2N3O. The quantitative estimate of drug-likeness (QED) is 0.761. The smallest absolute Gasteiger partial charge is 0.245 e. The first-order valence-corrected chi connectivity index (χ1v) is 9.15. The summed E-state index contributed by atoms with van der Waals surface area (Å²) in [6.45, 7) is 3.35. The Labute approximate surface area is 174 Å². The highest BCUT2D eigenvalue weighted by Crippen LogP contribution is 2.17. The van der Waals surface area contributed by atoms with Crippen LogP contribution in [0.25, 0.3) is 0 Å². The average Bonchev–Trinajstić information content (AvgIpc) is 2.92. The number of rotatable bonds is 5. The fourth-order valence-electron chi connectivity index (χ4n) is 3.28. The number of carbonyl (C=O) groups is 1. The van der Waals surface area contributed by atoms with Crippen LogP contribution in [0.5, 0.6) is 0 Å². The lowest BCUT2D eigenvalue weighted by Gasteiger charge is -2.20. The minimum absolute atomic E-state index is 0. The molecule has 0 radical (unpaired) electrons. The largest absolute Gasteiger partial charge is 0.324 e. The third kappa shape index (κ3) is 7.15. The zero-order chi connectivity index (χ0) is 17.5. The molecule has 1 saturated heterocycles. The van der Waals surface area contributed by atoms with Gasteiger partial charge in [0.1, 0.15) is 6.04 Å². The summed E-state index contributed by atoms with van der Waals surface area (Å²) in [5.41, 5.74) is 8.93. The fraction of sp³-hybridized carbons (Fsp3) is 0.381. The van der Waals surface area contributed by atoms with E-state index in [4.69, 9.17) is 5.73 Å². The van der Waals surface area contributed by atoms with Crippen molar-refractivity contribution in [1.29, 1.82) is 0 Å². The van der Waals surface area contributed by atoms with E-state index in [-0.39, 0.29) is 30.7 Å². The number of hydrogen-bond donors (Lipinski definition) is 2. The SMILES string of the molecule is Cl.Cl.NC(C(=O)Nc1ccc(CN2CCCCCC2)cc1)c1ccccc1. The summed E-state index contributed by atoms with van der Waals surface area (Å²) in [7, 11) is 0. The van der Waals surface area contributed by atoms with Crippen molar-refractivity contribution in [3.05, 3.63) is 65.7 Å². The van der Waals surface area contributed by atoms with Crippen molar-refractivity contribution in [2.45, 2.75) is 38.3 Å². The second-order valence-electron chi connectivity index (χ2n) is 6.76. The first-order chi connectivity index (χ1) is 12.2. The number of anilines is 1. The Hall–Kier alpha value is -1.59. The third-order valence-corrected chi connectivity index (χ3v) is 4.77. The molecule has 4 nitrogen and oxygen atoms in total. The Bertz CT molecular complexity index is 672. The number of nitrogens with one attached hydrogen (secondary N) is 1. The van der Waals surface area contributed by atoms with Crippen molar-refractivity contribution >= 4 is 36.4 Å². The number of likely N-dealkylation sites (tertiary alicyclic amines) is 1. The van der Waals surface area contributed by atoms with Gasteiger partial charge in [-0.15, -0.1) is 24.8 Å². The minimum atomic E-state index is -0.655. The summed E-state index contributed by atoms with van der Waals surface area (Å²) in [6.07, 6.45) is 5.29. The van der Waals surface area contributed by atoms with Gasteiger partial charge in [-0.05, 0) is 49.2 Å². The molecule has 1 unspecified atom stereocenters. The maximum atomic E-state index is 12.3. The predicted octanol–water partition coefficient (Wildman–Crippen LogP) is 4.54. The van der Waals surface area contributed by atoms with Gasteiger partial charge in [0.2, 0.25) is 5.91 Å². The molecule has 1 aliphatic rings. The molecule has 0 spiro atoms. The van der Waals surface area contributed by atoms with Crippen molar-refractivity contribution in [2.75, 3.05) is 18.4 Å². The summed E-state index contributed by atoms with van der Waals surface area (Å²) in [5.74, 6) is -0.188. The van der Waals surface area contributed by atoms with E-state index >= 15 is 0 Å². The second kappa shape index (κ2) is 12.0. The van der Waals surface area contributed by atoms with Crippen LogP contribution in [0.4, 0.5) is 5.69 Å². The molecule has 1 heterocycles. The Morgan fingerprint density at radius 1 is 0.926 bits per heavy atom. The van der Waals surface area contributed by atoms with Crippen molar-refractivity contribution in [3.63, 3.8) is 0 Å². The van der Waals surface area contributed by atoms with Gasteiger partial charge >= 0.3 is 0 Å². The van der Waals surface area contributed by atoms with Gasteiger partial charge in [-0.25, -0.2) is 0 Å². The van der Waals surface area contributed by atoms with Crippen LogP contribution in [0.15, 0.2) is 54.6 Å². The number of hydrogen-bond acceptors (Lipinski definition) is 3. The van der Waals surface area contributed by atoms with Gasteiger partial charge < -0.3 is 11.1 Å². The monoisotopic (exact) mass is 409 g/mol. The van der Waals surface area contributed by atoms with E-state index < -0.39 is 6.04 Å². The van der Waals surface area contributed by atoms with Gasteiger partial charge in [0.25, 0.3) is 0 Å². The molecule has 0 aliphatic carbocycles. The number of amides is 1. The first-order valence-electron chi connectivity index (χ1n) is 9.15. The highest BCUT2D eigenvalue weighted by atomic mass is 35.5. The molecule has 0 saturated carbocycles. The van der Waals surface area contributed by atoms with Gasteiger partial charge in [-0.2, -0.15) is 0 Å². The van der Waals surface area contributed by atoms with Crippen molar-refractivity contribution in [1.82, 2.24) is 4.90 Å². The van der Waals surface area contributed by atoms with Crippen molar-refractivity contribution < 1.29 is 4.79 Å². The molecule has 0 aromatic heterocycles. The molecule has 3 N–H and O–H groups in total. The molecule has 1 aliphatic heterocycles. The summed E-state index contributed by atoms with van der Waals surface area (Å²) in [5, 5.41) is 2.90. The highest BCUT2D eigenvalue weighted by molar-refractivity contribution is 5.95. The lowest BCUT2D eigenvalue weighted by Crippen LogP contribution is -2.27. The van der Waals surface area contributed by atoms with Crippen LogP contribution in [0.1, 0.15) is 42.9 Å². The Balaban J connectivity index is 0.00000182. The van der Waals surface area contributed by atoms with Crippen LogP contribution in [0.2, 0.25) is 0 Å². The normalized spacial score (nSPS) is 15.6. The molecule has 6 heteroatoms. The third-order valence-electron chi connectivity index (χ3n) is 4.77. The Morgan fingerprint density at radius 3 is 2.11 bits per heavy atom. The van der Waals surface area contributed by atoms with E-state index in [2.05, 4.69) is 22.3 Å². The Morgan fingerprint density at radius 2 is 1.52 bits per heavy atom. The lowest BCUT2D eigenvalue weighted by molar-refractivity contribution is -0.117. The van der Waals surface area contributed by atoms with Crippen LogP contribution in [0.3, 0.4) is 0 Å². The first kappa shape index (κ1) is 23.4. The van der Waals surface area contributed by atoms with E-state index in [0.717, 1.165) is 17.8 Å². The van der Waals surface area contributed by atoms with Crippen LogP contribution in [-0.4, -0.2) is 23.9 Å². The number of nitrogens with two attached hydrogens (primary N) is 1. The van der Waals surface area contributed by atoms with Gasteiger partial charge in [-0.3, -0.25) is 9.69 Å². The Kier molecular flexibility index (Phi) is 10.4. The topological polar surface area (TPSA) is 58.4 Å². The molecule has 27 heavy (non-hydrogen) atoms. The predicted molar refractivity (Wildman–Crippen MR) is 117 cm³/mol. The number of halogens is 2. The molecule has 2 aromatic carbocycles. The fourth-order valence-corrected chi connectivity index (χ4v) is 3.28. The molecule has 1 atom stereocenters. The number of benzene rings is 2. The molecule has 3 rings (SSSR count). The zero-order valence-corrected chi connectivity index (χ0v) is 17.1. The van der Waals surface area contributed by atoms with Crippen LogP contribution in [0, 0.1) is 0 Å². The standard InChI is InChI=1S/C21H27N3O.2ClH/c22-20(18-8-4-3-5-9-18)21(25)23-19-12-10-17(11-13-19)16-24-14-6-1-2-7-15-24;;/h3-5,8-13,20H,1-2,6-7,14-16,22H2,(H,23,25);2*1H. The van der Waals surface area contributed by atoms with Crippen molar-refractivity contribution in [2.24, 2.45) is 5.73 Å². The molecule has 2 aromatic rings. The second-order valence-corrected chi connectivity index (χ2v) is 6.76. The zero-order valence-electron chi connectivity index (χ0n) is 15.5. The summed E-state index contributed by atoms with van der Waals surface area (Å²) in [4.78, 5) is 14.8. The van der Waals surface area contributed by atoms with Crippen LogP contribution < -0.4 is 11.1 Å². The van der Waals surface area contributed by atoms with E-state index in [1.165, 1.54) is 44.3 Å². The summed E-state index contributed by atoms with van der Waals surface area (Å²) < 4.78 is 0. The average molecular weight is 410 g/mol. The number of carbonyl (C=O) groups excluding carboxylic acids is 1. The minimum Gasteiger partial charge on any atom is -0.324 e. The maximum Gasteiger partial charge on any atom is 0.245 e. The van der Waals surface area contributed by atoms with Crippen LogP contribution >= 0.6 is 24.8 Å². The van der Waals surface area contributed by atoms with Gasteiger partial charge in [0.05, 0.1) is 0 Å². The van der Waals surface area contributed by atoms with Crippen molar-refractivity contribution in [3.8, 4) is 0 Å². The summed E-state index contributed by atoms with van der Waals surface area (Å²) >= 11 is 0. The van der Waals surface area contributed by atoms with E-state index in [9.17, 15) is 4.79 Å². The van der Waals surface area contributed by atoms with E-state index in [0.29, 0.717) is 0 Å². The lowest BCUT2D eigenvalue weighted by atomic mass is 10.1. The molecular weight excluding hydrogens is 381 g/mol. The maximum absolute atomic E-state index is 12.3. The van der Waals surface area contributed by atoms with Crippen LogP contribution in [-0.2, 0) is 11.3 Å². The number of nitrogens with zero attached hydrogens (tertiary/aromatic N) is 1. The molecule has 1 amide bonds.